The third-order valence-corrected chi connectivity index (χ3v) is 5.86. The SMILES string of the molecule is C=NC(=NC(=N)c1ccc(-c2ccc3ccccc3c2)cc1)c1ccc(-c2ccccc2)cc1. The second kappa shape index (κ2) is 9.47. The largest absolute Gasteiger partial charge is 0.282 e. The smallest absolute Gasteiger partial charge is 0.161 e. The van der Waals surface area contributed by atoms with Crippen molar-refractivity contribution < 1.29 is 0 Å². The van der Waals surface area contributed by atoms with Crippen LogP contribution in [0.4, 0.5) is 0 Å². The van der Waals surface area contributed by atoms with Gasteiger partial charge in [-0.15, -0.1) is 0 Å². The second-order valence-corrected chi connectivity index (χ2v) is 8.02. The van der Waals surface area contributed by atoms with E-state index in [9.17, 15) is 0 Å². The number of fused-ring (bicyclic) bond motifs is 1. The second-order valence-electron chi connectivity index (χ2n) is 8.02. The molecule has 5 aromatic carbocycles. The molecule has 0 aliphatic carbocycles. The van der Waals surface area contributed by atoms with Crippen molar-refractivity contribution in [2.24, 2.45) is 9.98 Å². The predicted molar refractivity (Wildman–Crippen MR) is 144 cm³/mol. The summed E-state index contributed by atoms with van der Waals surface area (Å²) in [5.41, 5.74) is 6.07. The monoisotopic (exact) mass is 437 g/mol. The summed E-state index contributed by atoms with van der Waals surface area (Å²) in [6.45, 7) is 3.67. The Morgan fingerprint density at radius 2 is 1.06 bits per heavy atom. The molecule has 0 unspecified atom stereocenters. The standard InChI is InChI=1S/C31H23N3/c1-33-31(27-18-13-24(14-19-27)22-7-3-2-4-8-22)34-30(32)26-16-11-25(12-17-26)29-20-15-23-9-5-6-10-28(23)21-29/h2-21,32H,1H2. The highest BCUT2D eigenvalue weighted by Gasteiger charge is 2.07. The number of hydrogen-bond donors (Lipinski definition) is 1. The Labute approximate surface area is 199 Å². The fourth-order valence-corrected chi connectivity index (χ4v) is 3.99. The Kier molecular flexibility index (Phi) is 5.91. The average Bonchev–Trinajstić information content (AvgIpc) is 2.92. The van der Waals surface area contributed by atoms with Crippen LogP contribution in [0.1, 0.15) is 11.1 Å². The molecule has 0 saturated heterocycles. The molecule has 0 spiro atoms. The molecule has 1 N–H and O–H groups in total. The zero-order valence-electron chi connectivity index (χ0n) is 18.6. The summed E-state index contributed by atoms with van der Waals surface area (Å²) < 4.78 is 0. The molecule has 3 nitrogen and oxygen atoms in total. The van der Waals surface area contributed by atoms with Crippen molar-refractivity contribution in [1.82, 2.24) is 0 Å². The van der Waals surface area contributed by atoms with Crippen molar-refractivity contribution in [2.45, 2.75) is 0 Å². The quantitative estimate of drug-likeness (QED) is 0.222. The van der Waals surface area contributed by atoms with Gasteiger partial charge < -0.3 is 0 Å². The van der Waals surface area contributed by atoms with E-state index in [-0.39, 0.29) is 5.84 Å². The first-order chi connectivity index (χ1) is 16.7. The molecule has 0 aliphatic heterocycles. The fourth-order valence-electron chi connectivity index (χ4n) is 3.99. The van der Waals surface area contributed by atoms with Crippen LogP contribution in [-0.4, -0.2) is 18.4 Å². The van der Waals surface area contributed by atoms with E-state index in [4.69, 9.17) is 5.41 Å². The van der Waals surface area contributed by atoms with Crippen LogP contribution in [0.25, 0.3) is 33.0 Å². The lowest BCUT2D eigenvalue weighted by Crippen LogP contribution is -2.03. The maximum absolute atomic E-state index is 8.50. The van der Waals surface area contributed by atoms with Gasteiger partial charge in [-0.3, -0.25) is 5.41 Å². The summed E-state index contributed by atoms with van der Waals surface area (Å²) in [7, 11) is 0. The van der Waals surface area contributed by atoms with Gasteiger partial charge in [0, 0.05) is 11.1 Å². The number of hydrogen-bond acceptors (Lipinski definition) is 1. The molecule has 0 amide bonds. The molecule has 0 saturated carbocycles. The van der Waals surface area contributed by atoms with Crippen LogP contribution in [0.2, 0.25) is 0 Å². The molecule has 34 heavy (non-hydrogen) atoms. The van der Waals surface area contributed by atoms with Gasteiger partial charge in [0.05, 0.1) is 0 Å². The molecule has 5 rings (SSSR count). The van der Waals surface area contributed by atoms with Crippen LogP contribution < -0.4 is 0 Å². The number of benzene rings is 5. The first kappa shape index (κ1) is 21.2. The maximum atomic E-state index is 8.50. The van der Waals surface area contributed by atoms with Crippen molar-refractivity contribution in [3.8, 4) is 22.3 Å². The van der Waals surface area contributed by atoms with Gasteiger partial charge in [-0.1, -0.05) is 115 Å². The minimum absolute atomic E-state index is 0.152. The molecule has 3 heteroatoms. The van der Waals surface area contributed by atoms with Crippen LogP contribution in [0, 0.1) is 5.41 Å². The molecule has 0 fully saturated rings. The van der Waals surface area contributed by atoms with E-state index >= 15 is 0 Å². The van der Waals surface area contributed by atoms with E-state index < -0.39 is 0 Å². The molecule has 0 aliphatic rings. The van der Waals surface area contributed by atoms with Crippen LogP contribution in [0.15, 0.2) is 131 Å². The Bertz CT molecular complexity index is 1500. The van der Waals surface area contributed by atoms with E-state index in [0.717, 1.165) is 33.4 Å². The molecule has 0 heterocycles. The first-order valence-electron chi connectivity index (χ1n) is 11.1. The third-order valence-electron chi connectivity index (χ3n) is 5.86. The fraction of sp³-hybridized carbons (Fsp3) is 0. The van der Waals surface area contributed by atoms with E-state index in [1.165, 1.54) is 10.8 Å². The summed E-state index contributed by atoms with van der Waals surface area (Å²) in [5.74, 6) is 0.586. The minimum atomic E-state index is 0.152. The molecule has 0 atom stereocenters. The van der Waals surface area contributed by atoms with Gasteiger partial charge in [-0.25, -0.2) is 9.98 Å². The van der Waals surface area contributed by atoms with Gasteiger partial charge in [-0.05, 0) is 45.8 Å². The van der Waals surface area contributed by atoms with Crippen molar-refractivity contribution in [3.63, 3.8) is 0 Å². The minimum Gasteiger partial charge on any atom is -0.282 e. The zero-order valence-corrected chi connectivity index (χ0v) is 18.6. The van der Waals surface area contributed by atoms with Crippen LogP contribution >= 0.6 is 0 Å². The summed E-state index contributed by atoms with van der Waals surface area (Å²) >= 11 is 0. The lowest BCUT2D eigenvalue weighted by Gasteiger charge is -2.07. The Hall–Kier alpha value is -4.63. The van der Waals surface area contributed by atoms with Gasteiger partial charge in [-0.2, -0.15) is 0 Å². The number of nitrogens with zero attached hydrogens (tertiary/aromatic N) is 2. The normalized spacial score (nSPS) is 11.4. The highest BCUT2D eigenvalue weighted by atomic mass is 14.9. The number of aliphatic imine (C=N–C) groups is 2. The number of amidine groups is 2. The summed E-state index contributed by atoms with van der Waals surface area (Å²) in [6, 6.07) is 40.9. The van der Waals surface area contributed by atoms with Crippen molar-refractivity contribution in [2.75, 3.05) is 0 Å². The predicted octanol–water partition coefficient (Wildman–Crippen LogP) is 7.65. The van der Waals surface area contributed by atoms with Crippen molar-refractivity contribution in [3.05, 3.63) is 132 Å². The van der Waals surface area contributed by atoms with Crippen molar-refractivity contribution in [1.29, 1.82) is 5.41 Å². The Balaban J connectivity index is 1.36. The molecule has 162 valence electrons. The van der Waals surface area contributed by atoms with Crippen LogP contribution in [0.3, 0.4) is 0 Å². The molecular formula is C31H23N3. The molecule has 5 aromatic rings. The third kappa shape index (κ3) is 4.45. The van der Waals surface area contributed by atoms with Gasteiger partial charge in [0.1, 0.15) is 0 Å². The molecular weight excluding hydrogens is 414 g/mol. The first-order valence-corrected chi connectivity index (χ1v) is 11.1. The maximum Gasteiger partial charge on any atom is 0.161 e. The number of nitrogens with one attached hydrogen (secondary N) is 1. The zero-order chi connectivity index (χ0) is 23.3. The molecule has 0 bridgehead atoms. The van der Waals surface area contributed by atoms with E-state index in [1.807, 2.05) is 72.8 Å². The summed E-state index contributed by atoms with van der Waals surface area (Å²) in [6.07, 6.45) is 0. The van der Waals surface area contributed by atoms with Gasteiger partial charge >= 0.3 is 0 Å². The summed E-state index contributed by atoms with van der Waals surface area (Å²) in [5, 5.41) is 10.9. The summed E-state index contributed by atoms with van der Waals surface area (Å²) in [4.78, 5) is 8.53. The van der Waals surface area contributed by atoms with E-state index in [0.29, 0.717) is 5.84 Å². The molecule has 0 aromatic heterocycles. The van der Waals surface area contributed by atoms with Crippen LogP contribution in [0.5, 0.6) is 0 Å². The lowest BCUT2D eigenvalue weighted by atomic mass is 10.00. The Morgan fingerprint density at radius 3 is 1.74 bits per heavy atom. The highest BCUT2D eigenvalue weighted by Crippen LogP contribution is 2.25. The van der Waals surface area contributed by atoms with Gasteiger partial charge in [0.2, 0.25) is 0 Å². The lowest BCUT2D eigenvalue weighted by molar-refractivity contribution is 1.40. The topological polar surface area (TPSA) is 48.6 Å². The van der Waals surface area contributed by atoms with Gasteiger partial charge in [0.15, 0.2) is 11.7 Å². The van der Waals surface area contributed by atoms with E-state index in [1.54, 1.807) is 0 Å². The van der Waals surface area contributed by atoms with E-state index in [2.05, 4.69) is 65.2 Å². The van der Waals surface area contributed by atoms with Gasteiger partial charge in [0.25, 0.3) is 0 Å². The van der Waals surface area contributed by atoms with Crippen molar-refractivity contribution >= 4 is 29.2 Å². The molecule has 0 radical (unpaired) electrons. The van der Waals surface area contributed by atoms with Crippen LogP contribution in [-0.2, 0) is 0 Å². The average molecular weight is 438 g/mol. The Morgan fingerprint density at radius 1 is 0.529 bits per heavy atom. The highest BCUT2D eigenvalue weighted by molar-refractivity contribution is 6.11. The number of rotatable bonds is 4.